The van der Waals surface area contributed by atoms with Crippen molar-refractivity contribution >= 4 is 27.7 Å². The largest absolute Gasteiger partial charge is 0.353 e. The van der Waals surface area contributed by atoms with Crippen molar-refractivity contribution in [1.82, 2.24) is 20.3 Å². The molecule has 0 radical (unpaired) electrons. The molecule has 2 N–H and O–H groups in total. The summed E-state index contributed by atoms with van der Waals surface area (Å²) in [7, 11) is 0. The molecule has 0 unspecified atom stereocenters. The number of aryl methyl sites for hydroxylation is 1. The van der Waals surface area contributed by atoms with E-state index in [1.807, 2.05) is 54.6 Å². The molecule has 0 saturated heterocycles. The summed E-state index contributed by atoms with van der Waals surface area (Å²) in [4.78, 5) is 24.8. The van der Waals surface area contributed by atoms with Crippen molar-refractivity contribution in [2.45, 2.75) is 25.8 Å². The normalized spacial score (nSPS) is 11.2. The number of carbonyl (C=O) groups excluding carboxylic acids is 1. The summed E-state index contributed by atoms with van der Waals surface area (Å²) in [6.45, 7) is 0.407. The summed E-state index contributed by atoms with van der Waals surface area (Å²) in [5, 5.41) is 4.80. The van der Waals surface area contributed by atoms with Gasteiger partial charge in [-0.3, -0.25) is 9.78 Å². The van der Waals surface area contributed by atoms with Gasteiger partial charge in [0.15, 0.2) is 0 Å². The van der Waals surface area contributed by atoms with Gasteiger partial charge >= 0.3 is 0 Å². The molecule has 5 nitrogen and oxygen atoms in total. The van der Waals surface area contributed by atoms with Crippen LogP contribution in [0.25, 0.3) is 33.2 Å². The maximum absolute atomic E-state index is 14.0. The van der Waals surface area contributed by atoms with Crippen LogP contribution in [0.1, 0.15) is 24.1 Å². The first kappa shape index (κ1) is 20.8. The number of amides is 1. The lowest BCUT2D eigenvalue weighted by Gasteiger charge is -2.07. The van der Waals surface area contributed by atoms with E-state index in [2.05, 4.69) is 15.3 Å². The Morgan fingerprint density at radius 1 is 1.00 bits per heavy atom. The molecule has 5 rings (SSSR count). The number of hydrogen-bond donors (Lipinski definition) is 2. The van der Waals surface area contributed by atoms with Crippen LogP contribution >= 0.6 is 0 Å². The Hall–Kier alpha value is -4.06. The van der Waals surface area contributed by atoms with Crippen LogP contribution in [0.2, 0.25) is 0 Å². The molecule has 0 saturated carbocycles. The Morgan fingerprint density at radius 3 is 2.76 bits per heavy atom. The number of pyridine rings is 2. The van der Waals surface area contributed by atoms with Crippen molar-refractivity contribution < 1.29 is 9.18 Å². The van der Waals surface area contributed by atoms with Gasteiger partial charge in [-0.15, -0.1) is 0 Å². The molecule has 0 bridgehead atoms. The first-order chi connectivity index (χ1) is 16.2. The second kappa shape index (κ2) is 9.20. The highest BCUT2D eigenvalue weighted by Crippen LogP contribution is 2.32. The summed E-state index contributed by atoms with van der Waals surface area (Å²) in [5.41, 5.74) is 5.23. The van der Waals surface area contributed by atoms with Crippen molar-refractivity contribution in [2.75, 3.05) is 0 Å². The van der Waals surface area contributed by atoms with Crippen molar-refractivity contribution in [3.8, 4) is 11.4 Å². The Bertz CT molecular complexity index is 1430. The summed E-state index contributed by atoms with van der Waals surface area (Å²) in [6.07, 6.45) is 3.35. The summed E-state index contributed by atoms with van der Waals surface area (Å²) in [5.74, 6) is -0.314. The van der Waals surface area contributed by atoms with E-state index >= 15 is 0 Å². The van der Waals surface area contributed by atoms with Crippen LogP contribution < -0.4 is 5.32 Å². The van der Waals surface area contributed by atoms with Crippen molar-refractivity contribution in [1.29, 1.82) is 0 Å². The standard InChI is InChI=1S/C27H23FN4O/c28-19-12-14-24-22(16-19)21(8-5-10-26(33)30-17-20-7-3-4-15-29-20)27(32-24)25-13-11-18-6-1-2-9-23(18)31-25/h1-4,6-7,9,11-16,32H,5,8,10,17H2,(H,30,33). The number of aromatic amines is 1. The molecule has 0 aliphatic rings. The second-order valence-electron chi connectivity index (χ2n) is 8.01. The number of para-hydroxylation sites is 1. The van der Waals surface area contributed by atoms with Gasteiger partial charge in [0.2, 0.25) is 5.91 Å². The fraction of sp³-hybridized carbons (Fsp3) is 0.148. The van der Waals surface area contributed by atoms with Gasteiger partial charge in [0.05, 0.1) is 29.1 Å². The van der Waals surface area contributed by atoms with Crippen molar-refractivity contribution in [2.24, 2.45) is 0 Å². The van der Waals surface area contributed by atoms with Crippen LogP contribution in [0.15, 0.2) is 79.0 Å². The predicted octanol–water partition coefficient (Wildman–Crippen LogP) is 5.56. The van der Waals surface area contributed by atoms with E-state index in [4.69, 9.17) is 4.98 Å². The molecule has 0 aliphatic carbocycles. The van der Waals surface area contributed by atoms with Crippen LogP contribution in [-0.4, -0.2) is 20.9 Å². The molecular weight excluding hydrogens is 415 g/mol. The summed E-state index contributed by atoms with van der Waals surface area (Å²) in [6, 6.07) is 22.3. The smallest absolute Gasteiger partial charge is 0.220 e. The Balaban J connectivity index is 1.37. The van der Waals surface area contributed by atoms with Gasteiger partial charge in [-0.1, -0.05) is 30.3 Å². The maximum Gasteiger partial charge on any atom is 0.220 e. The van der Waals surface area contributed by atoms with Crippen LogP contribution in [0.3, 0.4) is 0 Å². The molecule has 1 amide bonds. The monoisotopic (exact) mass is 438 g/mol. The van der Waals surface area contributed by atoms with E-state index in [-0.39, 0.29) is 11.7 Å². The molecule has 3 aromatic heterocycles. The minimum absolute atomic E-state index is 0.0305. The van der Waals surface area contributed by atoms with Gasteiger partial charge in [0.25, 0.3) is 0 Å². The number of nitrogens with zero attached hydrogens (tertiary/aromatic N) is 2. The van der Waals surface area contributed by atoms with Crippen LogP contribution in [-0.2, 0) is 17.8 Å². The third kappa shape index (κ3) is 4.60. The molecule has 0 atom stereocenters. The molecule has 5 aromatic rings. The lowest BCUT2D eigenvalue weighted by Crippen LogP contribution is -2.23. The molecule has 6 heteroatoms. The topological polar surface area (TPSA) is 70.7 Å². The zero-order valence-corrected chi connectivity index (χ0v) is 18.0. The number of nitrogens with one attached hydrogen (secondary N) is 2. The first-order valence-electron chi connectivity index (χ1n) is 11.0. The number of benzene rings is 2. The third-order valence-electron chi connectivity index (χ3n) is 5.75. The SMILES string of the molecule is O=C(CCCc1c(-c2ccc3ccccc3n2)[nH]c2ccc(F)cc12)NCc1ccccn1. The molecular formula is C27H23FN4O. The average Bonchev–Trinajstić information content (AvgIpc) is 3.20. The average molecular weight is 439 g/mol. The highest BCUT2D eigenvalue weighted by atomic mass is 19.1. The molecule has 33 heavy (non-hydrogen) atoms. The van der Waals surface area contributed by atoms with Gasteiger partial charge < -0.3 is 10.3 Å². The second-order valence-corrected chi connectivity index (χ2v) is 8.01. The molecule has 0 spiro atoms. The number of rotatable bonds is 7. The van der Waals surface area contributed by atoms with Crippen LogP contribution in [0.4, 0.5) is 4.39 Å². The number of carbonyl (C=O) groups is 1. The van der Waals surface area contributed by atoms with Crippen molar-refractivity contribution in [3.05, 3.63) is 96.1 Å². The van der Waals surface area contributed by atoms with Crippen LogP contribution in [0.5, 0.6) is 0 Å². The number of halogens is 1. The Kier molecular flexibility index (Phi) is 5.81. The fourth-order valence-electron chi connectivity index (χ4n) is 4.11. The summed E-state index contributed by atoms with van der Waals surface area (Å²) < 4.78 is 14.0. The zero-order chi connectivity index (χ0) is 22.6. The van der Waals surface area contributed by atoms with E-state index in [1.54, 1.807) is 18.3 Å². The molecule has 2 aromatic carbocycles. The predicted molar refractivity (Wildman–Crippen MR) is 128 cm³/mol. The van der Waals surface area contributed by atoms with E-state index in [1.165, 1.54) is 6.07 Å². The highest BCUT2D eigenvalue weighted by molar-refractivity contribution is 5.91. The third-order valence-corrected chi connectivity index (χ3v) is 5.75. The minimum Gasteiger partial charge on any atom is -0.353 e. The van der Waals surface area contributed by atoms with E-state index in [0.29, 0.717) is 25.8 Å². The maximum atomic E-state index is 14.0. The number of hydrogen-bond acceptors (Lipinski definition) is 3. The molecule has 164 valence electrons. The first-order valence-corrected chi connectivity index (χ1v) is 11.0. The Labute approximate surface area is 190 Å². The van der Waals surface area contributed by atoms with E-state index in [9.17, 15) is 9.18 Å². The number of H-pyrrole nitrogens is 1. The van der Waals surface area contributed by atoms with Gasteiger partial charge in [-0.05, 0) is 60.9 Å². The van der Waals surface area contributed by atoms with Gasteiger partial charge in [-0.2, -0.15) is 0 Å². The molecule has 0 fully saturated rings. The van der Waals surface area contributed by atoms with E-state index < -0.39 is 0 Å². The summed E-state index contributed by atoms with van der Waals surface area (Å²) >= 11 is 0. The van der Waals surface area contributed by atoms with E-state index in [0.717, 1.165) is 44.5 Å². The van der Waals surface area contributed by atoms with Gasteiger partial charge in [-0.25, -0.2) is 9.37 Å². The van der Waals surface area contributed by atoms with Gasteiger partial charge in [0, 0.05) is 28.9 Å². The fourth-order valence-corrected chi connectivity index (χ4v) is 4.11. The number of aromatic nitrogens is 3. The van der Waals surface area contributed by atoms with Crippen molar-refractivity contribution in [3.63, 3.8) is 0 Å². The van der Waals surface area contributed by atoms with Gasteiger partial charge in [0.1, 0.15) is 5.82 Å². The lowest BCUT2D eigenvalue weighted by atomic mass is 10.0. The zero-order valence-electron chi connectivity index (χ0n) is 18.0. The Morgan fingerprint density at radius 2 is 1.88 bits per heavy atom. The lowest BCUT2D eigenvalue weighted by molar-refractivity contribution is -0.121. The molecule has 3 heterocycles. The molecule has 0 aliphatic heterocycles. The quantitative estimate of drug-likeness (QED) is 0.350. The number of fused-ring (bicyclic) bond motifs is 2. The minimum atomic E-state index is -0.283. The van der Waals surface area contributed by atoms with Crippen LogP contribution in [0, 0.1) is 5.82 Å². The highest BCUT2D eigenvalue weighted by Gasteiger charge is 2.16.